The van der Waals surface area contributed by atoms with Gasteiger partial charge in [0.2, 0.25) is 0 Å². The third-order valence-corrected chi connectivity index (χ3v) is 8.81. The maximum absolute atomic E-state index is 4.39. The quantitative estimate of drug-likeness (QED) is 0.136. The molecule has 0 bridgehead atoms. The van der Waals surface area contributed by atoms with Gasteiger partial charge in [0.15, 0.2) is 0 Å². The van der Waals surface area contributed by atoms with Crippen LogP contribution in [0.5, 0.6) is 0 Å². The van der Waals surface area contributed by atoms with E-state index < -0.39 is 0 Å². The summed E-state index contributed by atoms with van der Waals surface area (Å²) in [5, 5.41) is 0. The minimum absolute atomic E-state index is 0.942. The highest BCUT2D eigenvalue weighted by Gasteiger charge is 2.18. The van der Waals surface area contributed by atoms with Gasteiger partial charge in [-0.1, -0.05) is 177 Å². The molecule has 0 heterocycles. The van der Waals surface area contributed by atoms with Crippen LogP contribution in [0.3, 0.4) is 0 Å². The summed E-state index contributed by atoms with van der Waals surface area (Å²) in [4.78, 5) is 2.34. The molecule has 49 heavy (non-hydrogen) atoms. The Kier molecular flexibility index (Phi) is 9.25. The highest BCUT2D eigenvalue weighted by molar-refractivity contribution is 5.94. The summed E-state index contributed by atoms with van der Waals surface area (Å²) in [7, 11) is 0. The lowest BCUT2D eigenvalue weighted by Gasteiger charge is -2.27. The van der Waals surface area contributed by atoms with Crippen LogP contribution < -0.4 is 4.90 Å². The second-order valence-electron chi connectivity index (χ2n) is 11.9. The Morgan fingerprint density at radius 1 is 0.408 bits per heavy atom. The standard InChI is InChI=1S/C48H37N/c1-3-4-16-36(2)45-23-14-15-24-46(45)47-34-33-44(35-48(47)41-21-12-7-13-22-41)49(42-29-25-39(26-30-42)37-17-8-5-9-18-37)43-31-27-40(28-32-43)38-19-10-6-11-20-38/h3-35H,1-2H2/b16-4-. The second-order valence-corrected chi connectivity index (χ2v) is 11.9. The Balaban J connectivity index is 1.38. The van der Waals surface area contributed by atoms with E-state index in [4.69, 9.17) is 0 Å². The molecule has 0 spiro atoms. The van der Waals surface area contributed by atoms with Gasteiger partial charge in [0.05, 0.1) is 0 Å². The number of anilines is 3. The zero-order valence-electron chi connectivity index (χ0n) is 27.4. The Labute approximate surface area is 290 Å². The molecular weight excluding hydrogens is 591 g/mol. The lowest BCUT2D eigenvalue weighted by molar-refractivity contribution is 1.28. The van der Waals surface area contributed by atoms with Gasteiger partial charge in [0, 0.05) is 17.1 Å². The number of nitrogens with zero attached hydrogens (tertiary/aromatic N) is 1. The lowest BCUT2D eigenvalue weighted by Crippen LogP contribution is -2.10. The molecule has 0 radical (unpaired) electrons. The minimum Gasteiger partial charge on any atom is -0.310 e. The zero-order valence-corrected chi connectivity index (χ0v) is 27.4. The van der Waals surface area contributed by atoms with Crippen molar-refractivity contribution in [3.63, 3.8) is 0 Å². The van der Waals surface area contributed by atoms with Crippen molar-refractivity contribution >= 4 is 22.6 Å². The molecule has 0 aliphatic heterocycles. The lowest BCUT2D eigenvalue weighted by atomic mass is 9.89. The smallest absolute Gasteiger partial charge is 0.0468 e. The SMILES string of the molecule is C=C/C=C\C(=C)c1ccccc1-c1ccc(N(c2ccc(-c3ccccc3)cc2)c2ccc(-c3ccccc3)cc2)cc1-c1ccccc1. The van der Waals surface area contributed by atoms with Crippen LogP contribution in [-0.2, 0) is 0 Å². The van der Waals surface area contributed by atoms with Gasteiger partial charge in [-0.15, -0.1) is 0 Å². The molecule has 0 fully saturated rings. The summed E-state index contributed by atoms with van der Waals surface area (Å²) >= 11 is 0. The molecule has 0 N–H and O–H groups in total. The van der Waals surface area contributed by atoms with Crippen LogP contribution in [-0.4, -0.2) is 0 Å². The summed E-state index contributed by atoms with van der Waals surface area (Å²) < 4.78 is 0. The largest absolute Gasteiger partial charge is 0.310 e. The third-order valence-electron chi connectivity index (χ3n) is 8.81. The van der Waals surface area contributed by atoms with Crippen molar-refractivity contribution in [1.29, 1.82) is 0 Å². The van der Waals surface area contributed by atoms with Gasteiger partial charge in [-0.2, -0.15) is 0 Å². The van der Waals surface area contributed by atoms with Gasteiger partial charge in [0.1, 0.15) is 0 Å². The topological polar surface area (TPSA) is 3.24 Å². The molecule has 7 aromatic rings. The molecule has 7 aromatic carbocycles. The van der Waals surface area contributed by atoms with Gasteiger partial charge >= 0.3 is 0 Å². The first-order valence-corrected chi connectivity index (χ1v) is 16.6. The maximum atomic E-state index is 4.39. The van der Waals surface area contributed by atoms with Crippen LogP contribution in [0.2, 0.25) is 0 Å². The van der Waals surface area contributed by atoms with E-state index in [-0.39, 0.29) is 0 Å². The predicted octanol–water partition coefficient (Wildman–Crippen LogP) is 13.6. The first-order valence-electron chi connectivity index (χ1n) is 16.6. The molecule has 1 heteroatoms. The number of hydrogen-bond acceptors (Lipinski definition) is 1. The molecule has 1 nitrogen and oxygen atoms in total. The molecule has 234 valence electrons. The molecule has 0 unspecified atom stereocenters. The van der Waals surface area contributed by atoms with E-state index in [9.17, 15) is 0 Å². The van der Waals surface area contributed by atoms with E-state index in [0.717, 1.165) is 50.5 Å². The average molecular weight is 628 g/mol. The minimum atomic E-state index is 0.942. The van der Waals surface area contributed by atoms with E-state index in [1.165, 1.54) is 22.3 Å². The summed E-state index contributed by atoms with van der Waals surface area (Å²) in [5.74, 6) is 0. The van der Waals surface area contributed by atoms with Gasteiger partial charge in [-0.05, 0) is 92.0 Å². The van der Waals surface area contributed by atoms with Crippen LogP contribution >= 0.6 is 0 Å². The molecule has 0 amide bonds. The van der Waals surface area contributed by atoms with Crippen LogP contribution in [0.1, 0.15) is 5.56 Å². The average Bonchev–Trinajstić information content (AvgIpc) is 3.18. The molecule has 7 rings (SSSR count). The van der Waals surface area contributed by atoms with Gasteiger partial charge in [0.25, 0.3) is 0 Å². The highest BCUT2D eigenvalue weighted by atomic mass is 15.1. The first-order chi connectivity index (χ1) is 24.2. The number of allylic oxidation sites excluding steroid dienone is 4. The van der Waals surface area contributed by atoms with Crippen molar-refractivity contribution in [2.24, 2.45) is 0 Å². The summed E-state index contributed by atoms with van der Waals surface area (Å²) in [6.07, 6.45) is 5.73. The molecule has 0 saturated carbocycles. The van der Waals surface area contributed by atoms with E-state index in [2.05, 4.69) is 200 Å². The zero-order chi connectivity index (χ0) is 33.4. The van der Waals surface area contributed by atoms with Crippen molar-refractivity contribution in [2.75, 3.05) is 4.90 Å². The van der Waals surface area contributed by atoms with Crippen LogP contribution in [0.4, 0.5) is 17.1 Å². The number of hydrogen-bond donors (Lipinski definition) is 0. The van der Waals surface area contributed by atoms with Crippen molar-refractivity contribution < 1.29 is 0 Å². The fourth-order valence-electron chi connectivity index (χ4n) is 6.35. The van der Waals surface area contributed by atoms with Gasteiger partial charge in [-0.25, -0.2) is 0 Å². The van der Waals surface area contributed by atoms with Crippen molar-refractivity contribution in [1.82, 2.24) is 0 Å². The Morgan fingerprint density at radius 2 is 0.857 bits per heavy atom. The van der Waals surface area contributed by atoms with Crippen molar-refractivity contribution in [3.8, 4) is 44.5 Å². The fraction of sp³-hybridized carbons (Fsp3) is 0. The van der Waals surface area contributed by atoms with E-state index in [0.29, 0.717) is 0 Å². The number of rotatable bonds is 10. The van der Waals surface area contributed by atoms with Crippen molar-refractivity contribution in [2.45, 2.75) is 0 Å². The predicted molar refractivity (Wildman–Crippen MR) is 211 cm³/mol. The van der Waals surface area contributed by atoms with E-state index in [1.807, 2.05) is 12.2 Å². The molecule has 0 aliphatic rings. The molecule has 0 saturated heterocycles. The first kappa shape index (κ1) is 31.2. The normalized spacial score (nSPS) is 10.9. The summed E-state index contributed by atoms with van der Waals surface area (Å²) in [6, 6.07) is 64.7. The Morgan fingerprint density at radius 3 is 1.39 bits per heavy atom. The van der Waals surface area contributed by atoms with E-state index in [1.54, 1.807) is 6.08 Å². The fourth-order valence-corrected chi connectivity index (χ4v) is 6.35. The second kappa shape index (κ2) is 14.5. The molecular formula is C48H37N. The van der Waals surface area contributed by atoms with Gasteiger partial charge in [-0.3, -0.25) is 0 Å². The van der Waals surface area contributed by atoms with Crippen molar-refractivity contribution in [3.05, 3.63) is 219 Å². The molecule has 0 aromatic heterocycles. The Bertz CT molecular complexity index is 2130. The van der Waals surface area contributed by atoms with E-state index >= 15 is 0 Å². The van der Waals surface area contributed by atoms with Crippen LogP contribution in [0.15, 0.2) is 213 Å². The number of benzene rings is 7. The molecule has 0 atom stereocenters. The van der Waals surface area contributed by atoms with Crippen LogP contribution in [0, 0.1) is 0 Å². The molecule has 0 aliphatic carbocycles. The monoisotopic (exact) mass is 627 g/mol. The summed E-state index contributed by atoms with van der Waals surface area (Å²) in [6.45, 7) is 8.24. The third kappa shape index (κ3) is 6.83. The van der Waals surface area contributed by atoms with Gasteiger partial charge < -0.3 is 4.90 Å². The maximum Gasteiger partial charge on any atom is 0.0468 e. The van der Waals surface area contributed by atoms with Crippen LogP contribution in [0.25, 0.3) is 50.1 Å². The Hall–Kier alpha value is -6.44. The highest BCUT2D eigenvalue weighted by Crippen LogP contribution is 2.43. The summed E-state index contributed by atoms with van der Waals surface area (Å²) in [5.41, 5.74) is 14.6.